The first-order valence-corrected chi connectivity index (χ1v) is 11.8. The number of aliphatic hydroxyl groups excluding tert-OH is 1. The first-order chi connectivity index (χ1) is 16.5. The van der Waals surface area contributed by atoms with Crippen molar-refractivity contribution < 1.29 is 28.8 Å². The van der Waals surface area contributed by atoms with Crippen LogP contribution in [0.15, 0.2) is 35.6 Å². The molecule has 1 fully saturated rings. The molecule has 3 aliphatic rings. The van der Waals surface area contributed by atoms with Crippen molar-refractivity contribution in [1.82, 2.24) is 10.2 Å². The monoisotopic (exact) mass is 470 g/mol. The van der Waals surface area contributed by atoms with Crippen molar-refractivity contribution in [2.24, 2.45) is 0 Å². The lowest BCUT2D eigenvalue weighted by molar-refractivity contribution is -0.121. The Morgan fingerprint density at radius 3 is 2.53 bits per heavy atom. The maximum Gasteiger partial charge on any atom is 0.220 e. The highest BCUT2D eigenvalue weighted by molar-refractivity contribution is 5.90. The summed E-state index contributed by atoms with van der Waals surface area (Å²) < 4.78 is 22.6. The third-order valence-electron chi connectivity index (χ3n) is 6.66. The molecule has 2 atom stereocenters. The van der Waals surface area contributed by atoms with Crippen molar-refractivity contribution in [2.45, 2.75) is 38.3 Å². The summed E-state index contributed by atoms with van der Waals surface area (Å²) in [5.41, 5.74) is 4.52. The van der Waals surface area contributed by atoms with Crippen LogP contribution < -0.4 is 19.5 Å². The molecule has 1 saturated heterocycles. The number of amides is 1. The summed E-state index contributed by atoms with van der Waals surface area (Å²) in [5.74, 6) is 1.66. The molecule has 4 rings (SSSR count). The highest BCUT2D eigenvalue weighted by atomic mass is 16.5. The van der Waals surface area contributed by atoms with E-state index in [-0.39, 0.29) is 11.9 Å². The third kappa shape index (κ3) is 4.52. The highest BCUT2D eigenvalue weighted by Crippen LogP contribution is 2.49. The Bertz CT molecular complexity index is 1020. The van der Waals surface area contributed by atoms with E-state index in [9.17, 15) is 9.90 Å². The van der Waals surface area contributed by atoms with Gasteiger partial charge in [-0.05, 0) is 47.8 Å². The van der Waals surface area contributed by atoms with Gasteiger partial charge in [0.2, 0.25) is 11.7 Å². The first-order valence-electron chi connectivity index (χ1n) is 11.8. The molecule has 34 heavy (non-hydrogen) atoms. The summed E-state index contributed by atoms with van der Waals surface area (Å²) in [6.07, 6.45) is 6.82. The van der Waals surface area contributed by atoms with Crippen LogP contribution in [-0.4, -0.2) is 75.7 Å². The smallest absolute Gasteiger partial charge is 0.220 e. The van der Waals surface area contributed by atoms with Gasteiger partial charge in [-0.25, -0.2) is 0 Å². The zero-order valence-corrected chi connectivity index (χ0v) is 20.3. The second-order valence-corrected chi connectivity index (χ2v) is 8.53. The quantitative estimate of drug-likeness (QED) is 0.660. The van der Waals surface area contributed by atoms with Gasteiger partial charge >= 0.3 is 0 Å². The van der Waals surface area contributed by atoms with Gasteiger partial charge in [0.05, 0.1) is 40.6 Å². The van der Waals surface area contributed by atoms with E-state index in [1.54, 1.807) is 21.3 Å². The molecule has 1 heterocycles. The number of morpholine rings is 1. The van der Waals surface area contributed by atoms with Gasteiger partial charge in [0, 0.05) is 30.8 Å². The third-order valence-corrected chi connectivity index (χ3v) is 6.66. The van der Waals surface area contributed by atoms with Crippen molar-refractivity contribution in [3.63, 3.8) is 0 Å². The van der Waals surface area contributed by atoms with E-state index in [0.29, 0.717) is 49.7 Å². The van der Waals surface area contributed by atoms with Crippen molar-refractivity contribution >= 4 is 11.5 Å². The molecule has 2 aliphatic carbocycles. The van der Waals surface area contributed by atoms with Gasteiger partial charge in [-0.15, -0.1) is 0 Å². The number of carbonyl (C=O) groups is 1. The van der Waals surface area contributed by atoms with E-state index < -0.39 is 6.10 Å². The normalized spacial score (nSPS) is 22.1. The molecule has 0 saturated carbocycles. The lowest BCUT2D eigenvalue weighted by Crippen LogP contribution is -2.39. The van der Waals surface area contributed by atoms with Crippen LogP contribution in [0.4, 0.5) is 0 Å². The number of methoxy groups -OCH3 is 3. The average Bonchev–Trinajstić information content (AvgIpc) is 3.12. The number of ether oxygens (including phenoxy) is 4. The van der Waals surface area contributed by atoms with E-state index in [1.165, 1.54) is 0 Å². The number of hydrogen-bond donors (Lipinski definition) is 2. The van der Waals surface area contributed by atoms with E-state index in [2.05, 4.69) is 10.2 Å². The molecule has 0 bridgehead atoms. The van der Waals surface area contributed by atoms with E-state index >= 15 is 0 Å². The standard InChI is InChI=1S/C26H34N2O6/c1-5-23(30)27-19-8-6-16-14-22(31-2)25(32-3)26(33-4)24(16)17-7-9-20(21(29)15-18(17)19)28-10-12-34-13-11-28/h7,9,14-15,19,21,29H,5-6,8,10-13H2,1-4H3,(H,27,30)/t19-,21-/m0/s1. The van der Waals surface area contributed by atoms with Crippen molar-refractivity contribution in [3.05, 3.63) is 46.7 Å². The molecule has 1 aliphatic heterocycles. The number of nitrogens with one attached hydrogen (secondary N) is 1. The van der Waals surface area contributed by atoms with Crippen LogP contribution in [-0.2, 0) is 16.0 Å². The Labute approximate surface area is 200 Å². The molecule has 8 nitrogen and oxygen atoms in total. The SMILES string of the molecule is CCC(=O)N[C@H]1CCc2cc(OC)c(OC)c(OC)c2C2=CC=C(N3CCOCC3)[C@@H](O)C=C21. The summed E-state index contributed by atoms with van der Waals surface area (Å²) >= 11 is 0. The summed E-state index contributed by atoms with van der Waals surface area (Å²) in [6.45, 7) is 4.52. The van der Waals surface area contributed by atoms with Crippen molar-refractivity contribution in [3.8, 4) is 17.2 Å². The highest BCUT2D eigenvalue weighted by Gasteiger charge is 2.33. The topological polar surface area (TPSA) is 89.5 Å². The number of allylic oxidation sites excluding steroid dienone is 2. The van der Waals surface area contributed by atoms with Gasteiger partial charge in [0.1, 0.15) is 6.10 Å². The fraction of sp³-hybridized carbons (Fsp3) is 0.500. The van der Waals surface area contributed by atoms with Gasteiger partial charge in [0.25, 0.3) is 0 Å². The predicted molar refractivity (Wildman–Crippen MR) is 129 cm³/mol. The molecule has 1 aromatic carbocycles. The Hall–Kier alpha value is -2.97. The second kappa shape index (κ2) is 10.5. The number of nitrogens with zero attached hydrogens (tertiary/aromatic N) is 1. The maximum atomic E-state index is 12.4. The summed E-state index contributed by atoms with van der Waals surface area (Å²) in [5, 5.41) is 14.4. The summed E-state index contributed by atoms with van der Waals surface area (Å²) in [4.78, 5) is 14.6. The van der Waals surface area contributed by atoms with E-state index in [4.69, 9.17) is 18.9 Å². The Balaban J connectivity index is 1.91. The number of benzene rings is 1. The first kappa shape index (κ1) is 24.2. The van der Waals surface area contributed by atoms with Gasteiger partial charge < -0.3 is 34.3 Å². The molecule has 1 aromatic rings. The van der Waals surface area contributed by atoms with Crippen molar-refractivity contribution in [1.29, 1.82) is 0 Å². The zero-order valence-electron chi connectivity index (χ0n) is 20.3. The molecule has 0 spiro atoms. The van der Waals surface area contributed by atoms with Gasteiger partial charge in [-0.3, -0.25) is 4.79 Å². The van der Waals surface area contributed by atoms with Crippen molar-refractivity contribution in [2.75, 3.05) is 47.6 Å². The Morgan fingerprint density at radius 2 is 1.88 bits per heavy atom. The summed E-state index contributed by atoms with van der Waals surface area (Å²) in [7, 11) is 4.81. The number of carbonyl (C=O) groups excluding carboxylic acids is 1. The molecule has 2 N–H and O–H groups in total. The minimum Gasteiger partial charge on any atom is -0.493 e. The largest absolute Gasteiger partial charge is 0.493 e. The van der Waals surface area contributed by atoms with Crippen LogP contribution in [0.1, 0.15) is 30.9 Å². The minimum atomic E-state index is -0.810. The van der Waals surface area contributed by atoms with Crippen LogP contribution in [0, 0.1) is 0 Å². The molecule has 0 radical (unpaired) electrons. The van der Waals surface area contributed by atoms with Gasteiger partial charge in [-0.2, -0.15) is 0 Å². The summed E-state index contributed by atoms with van der Waals surface area (Å²) in [6, 6.07) is 1.73. The zero-order chi connectivity index (χ0) is 24.2. The number of aliphatic hydroxyl groups is 1. The number of aryl methyl sites for hydroxylation is 1. The lowest BCUT2D eigenvalue weighted by Gasteiger charge is -2.32. The molecule has 184 valence electrons. The molecule has 0 aromatic heterocycles. The minimum absolute atomic E-state index is 0.0292. The molecular formula is C26H34N2O6. The van der Waals surface area contributed by atoms with Gasteiger partial charge in [-0.1, -0.05) is 13.0 Å². The molecular weight excluding hydrogens is 436 g/mol. The Morgan fingerprint density at radius 1 is 1.15 bits per heavy atom. The predicted octanol–water partition coefficient (Wildman–Crippen LogP) is 2.45. The maximum absolute atomic E-state index is 12.4. The molecule has 8 heteroatoms. The number of rotatable bonds is 6. The molecule has 0 unspecified atom stereocenters. The Kier molecular flexibility index (Phi) is 7.48. The van der Waals surface area contributed by atoms with Crippen LogP contribution in [0.2, 0.25) is 0 Å². The number of fused-ring (bicyclic) bond motifs is 3. The van der Waals surface area contributed by atoms with Crippen LogP contribution in [0.25, 0.3) is 5.57 Å². The van der Waals surface area contributed by atoms with Crippen LogP contribution >= 0.6 is 0 Å². The fourth-order valence-corrected chi connectivity index (χ4v) is 4.96. The van der Waals surface area contributed by atoms with E-state index in [0.717, 1.165) is 41.1 Å². The van der Waals surface area contributed by atoms with Crippen LogP contribution in [0.5, 0.6) is 17.2 Å². The molecule has 1 amide bonds. The lowest BCUT2D eigenvalue weighted by atomic mass is 9.91. The number of hydrogen-bond acceptors (Lipinski definition) is 7. The van der Waals surface area contributed by atoms with E-state index in [1.807, 2.05) is 31.2 Å². The van der Waals surface area contributed by atoms with Crippen LogP contribution in [0.3, 0.4) is 0 Å². The van der Waals surface area contributed by atoms with Gasteiger partial charge in [0.15, 0.2) is 11.5 Å². The second-order valence-electron chi connectivity index (χ2n) is 8.53. The fourth-order valence-electron chi connectivity index (χ4n) is 4.96. The average molecular weight is 471 g/mol.